The van der Waals surface area contributed by atoms with Gasteiger partial charge in [-0.1, -0.05) is 6.07 Å². The number of methoxy groups -OCH3 is 2. The molecule has 2 rings (SSSR count). The van der Waals surface area contributed by atoms with Crippen LogP contribution in [-0.2, 0) is 4.79 Å². The van der Waals surface area contributed by atoms with Crippen LogP contribution in [0, 0.1) is 20.8 Å². The third kappa shape index (κ3) is 4.53. The molecule has 0 saturated carbocycles. The van der Waals surface area contributed by atoms with Gasteiger partial charge in [-0.3, -0.25) is 9.78 Å². The second-order valence-corrected chi connectivity index (χ2v) is 5.51. The van der Waals surface area contributed by atoms with Gasteiger partial charge in [-0.25, -0.2) is 4.98 Å². The van der Waals surface area contributed by atoms with E-state index < -0.39 is 0 Å². The molecule has 5 heteroatoms. The lowest BCUT2D eigenvalue weighted by molar-refractivity contribution is -0.110. The van der Waals surface area contributed by atoms with Gasteiger partial charge in [-0.2, -0.15) is 0 Å². The monoisotopic (exact) mass is 338 g/mol. The number of hydrogen-bond donors (Lipinski definition) is 0. The van der Waals surface area contributed by atoms with Crippen molar-refractivity contribution in [2.45, 2.75) is 20.8 Å². The Hall–Kier alpha value is -2.95. The Labute approximate surface area is 148 Å². The summed E-state index contributed by atoms with van der Waals surface area (Å²) in [5.74, 6) is 1.12. The van der Waals surface area contributed by atoms with Gasteiger partial charge in [0.15, 0.2) is 5.78 Å². The lowest BCUT2D eigenvalue weighted by atomic mass is 10.1. The Kier molecular flexibility index (Phi) is 6.06. The van der Waals surface area contributed by atoms with E-state index in [1.165, 1.54) is 12.2 Å². The fourth-order valence-corrected chi connectivity index (χ4v) is 2.32. The van der Waals surface area contributed by atoms with Crippen LogP contribution in [0.1, 0.15) is 28.3 Å². The van der Waals surface area contributed by atoms with Gasteiger partial charge in [-0.05, 0) is 57.2 Å². The van der Waals surface area contributed by atoms with Gasteiger partial charge in [-0.15, -0.1) is 0 Å². The maximum atomic E-state index is 12.1. The van der Waals surface area contributed by atoms with Crippen LogP contribution in [0.15, 0.2) is 30.4 Å². The molecule has 1 heterocycles. The predicted octanol–water partition coefficient (Wildman–Crippen LogP) is 3.71. The number of ketones is 1. The van der Waals surface area contributed by atoms with Crippen LogP contribution >= 0.6 is 0 Å². The molecule has 130 valence electrons. The number of carbonyl (C=O) groups is 1. The highest BCUT2D eigenvalue weighted by Gasteiger charge is 2.07. The van der Waals surface area contributed by atoms with Crippen molar-refractivity contribution < 1.29 is 14.3 Å². The van der Waals surface area contributed by atoms with E-state index in [1.54, 1.807) is 26.4 Å². The van der Waals surface area contributed by atoms with E-state index in [9.17, 15) is 4.79 Å². The van der Waals surface area contributed by atoms with Crippen LogP contribution in [0.25, 0.3) is 12.2 Å². The molecule has 0 radical (unpaired) electrons. The summed E-state index contributed by atoms with van der Waals surface area (Å²) in [6.45, 7) is 5.69. The number of benzene rings is 1. The molecule has 25 heavy (non-hydrogen) atoms. The molecule has 0 saturated heterocycles. The molecule has 0 aliphatic carbocycles. The summed E-state index contributed by atoms with van der Waals surface area (Å²) in [4.78, 5) is 21.0. The Morgan fingerprint density at radius 1 is 0.880 bits per heavy atom. The predicted molar refractivity (Wildman–Crippen MR) is 98.9 cm³/mol. The standard InChI is InChI=1S/C20H22N2O3/c1-13-14(2)22-18(15(3)21-13)12-10-16(23)9-11-17-19(24-4)7-6-8-20(17)25-5/h6-12H,1-5H3/b11-9+,12-10+. The fraction of sp³-hybridized carbons (Fsp3) is 0.250. The first-order chi connectivity index (χ1) is 12.0. The number of rotatable bonds is 6. The molecule has 0 unspecified atom stereocenters. The minimum absolute atomic E-state index is 0.160. The van der Waals surface area contributed by atoms with Crippen LogP contribution < -0.4 is 9.47 Å². The average molecular weight is 338 g/mol. The lowest BCUT2D eigenvalue weighted by Gasteiger charge is -2.09. The Morgan fingerprint density at radius 3 is 2.04 bits per heavy atom. The molecule has 0 aliphatic rings. The van der Waals surface area contributed by atoms with Crippen molar-refractivity contribution >= 4 is 17.9 Å². The number of allylic oxidation sites excluding steroid dienone is 2. The first kappa shape index (κ1) is 18.4. The van der Waals surface area contributed by atoms with Crippen LogP contribution in [0.2, 0.25) is 0 Å². The molecule has 1 aromatic carbocycles. The first-order valence-corrected chi connectivity index (χ1v) is 7.89. The number of nitrogens with zero attached hydrogens (tertiary/aromatic N) is 2. The van der Waals surface area contributed by atoms with Crippen molar-refractivity contribution in [3.63, 3.8) is 0 Å². The van der Waals surface area contributed by atoms with E-state index in [2.05, 4.69) is 9.97 Å². The molecule has 0 bridgehead atoms. The molecule has 1 aromatic heterocycles. The minimum Gasteiger partial charge on any atom is -0.496 e. The molecular formula is C20H22N2O3. The summed E-state index contributed by atoms with van der Waals surface area (Å²) in [5.41, 5.74) is 3.95. The summed E-state index contributed by atoms with van der Waals surface area (Å²) in [6, 6.07) is 5.46. The zero-order valence-corrected chi connectivity index (χ0v) is 15.2. The van der Waals surface area contributed by atoms with Crippen molar-refractivity contribution in [2.24, 2.45) is 0 Å². The number of ether oxygens (including phenoxy) is 2. The van der Waals surface area contributed by atoms with Gasteiger partial charge >= 0.3 is 0 Å². The highest BCUT2D eigenvalue weighted by Crippen LogP contribution is 2.29. The smallest absolute Gasteiger partial charge is 0.178 e. The average Bonchev–Trinajstić information content (AvgIpc) is 2.61. The van der Waals surface area contributed by atoms with Gasteiger partial charge < -0.3 is 9.47 Å². The topological polar surface area (TPSA) is 61.3 Å². The fourth-order valence-electron chi connectivity index (χ4n) is 2.32. The zero-order valence-electron chi connectivity index (χ0n) is 15.2. The Balaban J connectivity index is 2.21. The third-order valence-corrected chi connectivity index (χ3v) is 3.80. The van der Waals surface area contributed by atoms with Crippen LogP contribution in [-0.4, -0.2) is 30.0 Å². The number of aryl methyl sites for hydroxylation is 3. The van der Waals surface area contributed by atoms with Gasteiger partial charge in [0.05, 0.1) is 42.6 Å². The molecule has 0 fully saturated rings. The normalized spacial score (nSPS) is 11.2. The molecule has 0 N–H and O–H groups in total. The molecule has 2 aromatic rings. The molecule has 0 aliphatic heterocycles. The summed E-state index contributed by atoms with van der Waals surface area (Å²) >= 11 is 0. The van der Waals surface area contributed by atoms with Crippen molar-refractivity contribution in [1.29, 1.82) is 0 Å². The van der Waals surface area contributed by atoms with E-state index in [-0.39, 0.29) is 5.78 Å². The van der Waals surface area contributed by atoms with Crippen molar-refractivity contribution in [1.82, 2.24) is 9.97 Å². The summed E-state index contributed by atoms with van der Waals surface area (Å²) in [6.07, 6.45) is 6.31. The number of aromatic nitrogens is 2. The van der Waals surface area contributed by atoms with E-state index >= 15 is 0 Å². The number of carbonyl (C=O) groups excluding carboxylic acids is 1. The second kappa shape index (κ2) is 8.24. The molecular weight excluding hydrogens is 316 g/mol. The largest absolute Gasteiger partial charge is 0.496 e. The van der Waals surface area contributed by atoms with Gasteiger partial charge in [0.2, 0.25) is 0 Å². The molecule has 0 atom stereocenters. The van der Waals surface area contributed by atoms with Crippen molar-refractivity contribution in [3.8, 4) is 11.5 Å². The third-order valence-electron chi connectivity index (χ3n) is 3.80. The quantitative estimate of drug-likeness (QED) is 0.751. The second-order valence-electron chi connectivity index (χ2n) is 5.51. The summed E-state index contributed by atoms with van der Waals surface area (Å²) < 4.78 is 10.6. The van der Waals surface area contributed by atoms with Gasteiger partial charge in [0.1, 0.15) is 11.5 Å². The van der Waals surface area contributed by atoms with E-state index in [1.807, 2.05) is 39.0 Å². The molecule has 0 spiro atoms. The molecule has 0 amide bonds. The number of hydrogen-bond acceptors (Lipinski definition) is 5. The van der Waals surface area contributed by atoms with Gasteiger partial charge in [0, 0.05) is 0 Å². The highest BCUT2D eigenvalue weighted by molar-refractivity contribution is 6.04. The summed E-state index contributed by atoms with van der Waals surface area (Å²) in [5, 5.41) is 0. The van der Waals surface area contributed by atoms with E-state index in [4.69, 9.17) is 9.47 Å². The van der Waals surface area contributed by atoms with Crippen LogP contribution in [0.3, 0.4) is 0 Å². The van der Waals surface area contributed by atoms with Gasteiger partial charge in [0.25, 0.3) is 0 Å². The van der Waals surface area contributed by atoms with Crippen LogP contribution in [0.4, 0.5) is 0 Å². The Morgan fingerprint density at radius 2 is 1.44 bits per heavy atom. The summed E-state index contributed by atoms with van der Waals surface area (Å²) in [7, 11) is 3.16. The van der Waals surface area contributed by atoms with E-state index in [0.29, 0.717) is 17.2 Å². The maximum Gasteiger partial charge on any atom is 0.178 e. The first-order valence-electron chi connectivity index (χ1n) is 7.89. The van der Waals surface area contributed by atoms with E-state index in [0.717, 1.165) is 22.6 Å². The van der Waals surface area contributed by atoms with Crippen LogP contribution in [0.5, 0.6) is 11.5 Å². The highest BCUT2D eigenvalue weighted by atomic mass is 16.5. The minimum atomic E-state index is -0.160. The van der Waals surface area contributed by atoms with Crippen molar-refractivity contribution in [3.05, 3.63) is 58.7 Å². The van der Waals surface area contributed by atoms with Crippen molar-refractivity contribution in [2.75, 3.05) is 14.2 Å². The maximum absolute atomic E-state index is 12.1. The molecule has 5 nitrogen and oxygen atoms in total. The SMILES string of the molecule is COc1cccc(OC)c1/C=C/C(=O)/C=C/c1nc(C)c(C)nc1C. The zero-order chi connectivity index (χ0) is 18.4. The lowest BCUT2D eigenvalue weighted by Crippen LogP contribution is -1.99. The Bertz CT molecular complexity index is 817.